The lowest BCUT2D eigenvalue weighted by Crippen LogP contribution is -2.58. The van der Waals surface area contributed by atoms with Gasteiger partial charge in [0.25, 0.3) is 0 Å². The number of nitrogens with one attached hydrogen (secondary N) is 3. The zero-order valence-corrected chi connectivity index (χ0v) is 21.8. The number of hydrogen-bond donors (Lipinski definition) is 8. The van der Waals surface area contributed by atoms with Gasteiger partial charge >= 0.3 is 5.97 Å². The van der Waals surface area contributed by atoms with E-state index in [4.69, 9.17) is 5.73 Å². The van der Waals surface area contributed by atoms with Crippen LogP contribution < -0.4 is 21.7 Å². The van der Waals surface area contributed by atoms with Crippen LogP contribution in [0.5, 0.6) is 11.5 Å². The summed E-state index contributed by atoms with van der Waals surface area (Å²) in [7, 11) is 0. The maximum absolute atomic E-state index is 13.4. The van der Waals surface area contributed by atoms with E-state index in [1.165, 1.54) is 36.4 Å². The molecule has 2 aromatic rings. The summed E-state index contributed by atoms with van der Waals surface area (Å²) >= 11 is 0. The minimum atomic E-state index is -1.60. The Kier molecular flexibility index (Phi) is 11.7. The molecule has 39 heavy (non-hydrogen) atoms. The van der Waals surface area contributed by atoms with Crippen LogP contribution in [0.4, 0.5) is 0 Å². The predicted molar refractivity (Wildman–Crippen MR) is 142 cm³/mol. The van der Waals surface area contributed by atoms with Crippen LogP contribution in [0.1, 0.15) is 31.4 Å². The molecule has 0 aliphatic heterocycles. The van der Waals surface area contributed by atoms with E-state index in [0.29, 0.717) is 17.5 Å². The second-order valence-electron chi connectivity index (χ2n) is 9.68. The van der Waals surface area contributed by atoms with Gasteiger partial charge in [0.15, 0.2) is 0 Å². The first-order valence-electron chi connectivity index (χ1n) is 12.5. The molecule has 12 nitrogen and oxygen atoms in total. The number of hydrogen-bond acceptors (Lipinski definition) is 8. The first-order valence-corrected chi connectivity index (χ1v) is 12.5. The molecule has 4 unspecified atom stereocenters. The standard InChI is InChI=1S/C27H36N4O8/c1-15(2)11-20(28)24(35)29-21(12-16-3-7-18(33)8-4-16)25(36)30-22(13-17-5-9-19(34)10-6-17)26(37)31-23(14-32)27(38)39/h3-10,15,20-23,32-34H,11-14,28H2,1-2H3,(H,29,35)(H,30,36)(H,31,37)(H,38,39). The predicted octanol–water partition coefficient (Wildman–Crippen LogP) is -0.212. The van der Waals surface area contributed by atoms with Crippen LogP contribution in [-0.4, -0.2) is 74.9 Å². The van der Waals surface area contributed by atoms with Crippen LogP contribution in [0.3, 0.4) is 0 Å². The summed E-state index contributed by atoms with van der Waals surface area (Å²) in [5.74, 6) is -3.49. The first-order chi connectivity index (χ1) is 18.4. The largest absolute Gasteiger partial charge is 0.508 e. The Hall–Kier alpha value is -4.16. The lowest BCUT2D eigenvalue weighted by Gasteiger charge is -2.25. The number of rotatable bonds is 14. The molecule has 3 amide bonds. The number of aromatic hydroxyl groups is 2. The molecule has 0 saturated heterocycles. The fourth-order valence-electron chi connectivity index (χ4n) is 3.78. The monoisotopic (exact) mass is 544 g/mol. The third kappa shape index (κ3) is 10.3. The van der Waals surface area contributed by atoms with E-state index >= 15 is 0 Å². The summed E-state index contributed by atoms with van der Waals surface area (Å²) in [6, 6.07) is 6.93. The van der Waals surface area contributed by atoms with Crippen LogP contribution in [0, 0.1) is 5.92 Å². The molecule has 0 fully saturated rings. The molecular formula is C27H36N4O8. The Morgan fingerprint density at radius 1 is 0.718 bits per heavy atom. The Morgan fingerprint density at radius 3 is 1.46 bits per heavy atom. The first kappa shape index (κ1) is 31.1. The second kappa shape index (κ2) is 14.7. The fourth-order valence-corrected chi connectivity index (χ4v) is 3.78. The summed E-state index contributed by atoms with van der Waals surface area (Å²) in [6.45, 7) is 2.93. The summed E-state index contributed by atoms with van der Waals surface area (Å²) in [6.07, 6.45) is 0.305. The molecular weight excluding hydrogens is 508 g/mol. The average molecular weight is 545 g/mol. The topological polar surface area (TPSA) is 211 Å². The summed E-state index contributed by atoms with van der Waals surface area (Å²) in [5, 5.41) is 45.1. The molecule has 12 heteroatoms. The van der Waals surface area contributed by atoms with E-state index in [2.05, 4.69) is 16.0 Å². The number of amides is 3. The van der Waals surface area contributed by atoms with Crippen LogP contribution in [0.2, 0.25) is 0 Å². The van der Waals surface area contributed by atoms with Crippen LogP contribution >= 0.6 is 0 Å². The third-order valence-corrected chi connectivity index (χ3v) is 5.88. The smallest absolute Gasteiger partial charge is 0.328 e. The molecule has 0 aromatic heterocycles. The Balaban J connectivity index is 2.32. The van der Waals surface area contributed by atoms with Crippen molar-refractivity contribution in [3.05, 3.63) is 59.7 Å². The SMILES string of the molecule is CC(C)CC(N)C(=O)NC(Cc1ccc(O)cc1)C(=O)NC(Cc1ccc(O)cc1)C(=O)NC(CO)C(=O)O. The molecule has 4 atom stereocenters. The van der Waals surface area contributed by atoms with Crippen molar-refractivity contribution in [1.29, 1.82) is 0 Å². The van der Waals surface area contributed by atoms with Crippen molar-refractivity contribution in [2.75, 3.05) is 6.61 Å². The molecule has 0 spiro atoms. The molecule has 2 aromatic carbocycles. The number of carboxylic acids is 1. The molecule has 0 bridgehead atoms. The van der Waals surface area contributed by atoms with E-state index < -0.39 is 54.5 Å². The number of aliphatic hydroxyl groups is 1. The van der Waals surface area contributed by atoms with E-state index in [-0.39, 0.29) is 30.3 Å². The van der Waals surface area contributed by atoms with Gasteiger partial charge in [-0.05, 0) is 47.7 Å². The average Bonchev–Trinajstić information content (AvgIpc) is 2.88. The van der Waals surface area contributed by atoms with Crippen molar-refractivity contribution in [3.8, 4) is 11.5 Å². The highest BCUT2D eigenvalue weighted by Crippen LogP contribution is 2.14. The zero-order chi connectivity index (χ0) is 29.1. The number of benzene rings is 2. The number of carboxylic acid groups (broad SMARTS) is 1. The molecule has 0 aliphatic carbocycles. The van der Waals surface area contributed by atoms with Gasteiger partial charge in [0.05, 0.1) is 12.6 Å². The van der Waals surface area contributed by atoms with Gasteiger partial charge in [-0.1, -0.05) is 38.1 Å². The molecule has 9 N–H and O–H groups in total. The molecule has 0 heterocycles. The Labute approximate surface area is 226 Å². The Morgan fingerprint density at radius 2 is 1.10 bits per heavy atom. The van der Waals surface area contributed by atoms with Crippen LogP contribution in [0.25, 0.3) is 0 Å². The van der Waals surface area contributed by atoms with Gasteiger partial charge in [-0.3, -0.25) is 14.4 Å². The Bertz CT molecular complexity index is 1120. The normalized spacial score (nSPS) is 14.1. The fraction of sp³-hybridized carbons (Fsp3) is 0.407. The van der Waals surface area contributed by atoms with Gasteiger partial charge in [-0.2, -0.15) is 0 Å². The number of carbonyl (C=O) groups is 4. The maximum atomic E-state index is 13.4. The molecule has 0 radical (unpaired) electrons. The van der Waals surface area contributed by atoms with Gasteiger partial charge in [0, 0.05) is 12.8 Å². The van der Waals surface area contributed by atoms with E-state index in [9.17, 15) is 39.6 Å². The molecule has 0 aliphatic rings. The van der Waals surface area contributed by atoms with Crippen molar-refractivity contribution in [3.63, 3.8) is 0 Å². The highest BCUT2D eigenvalue weighted by molar-refractivity contribution is 5.94. The van der Waals surface area contributed by atoms with Gasteiger partial charge in [0.1, 0.15) is 29.6 Å². The van der Waals surface area contributed by atoms with Crippen LogP contribution in [0.15, 0.2) is 48.5 Å². The summed E-state index contributed by atoms with van der Waals surface area (Å²) < 4.78 is 0. The molecule has 212 valence electrons. The van der Waals surface area contributed by atoms with Crippen molar-refractivity contribution >= 4 is 23.7 Å². The maximum Gasteiger partial charge on any atom is 0.328 e. The van der Waals surface area contributed by atoms with E-state index in [0.717, 1.165) is 0 Å². The van der Waals surface area contributed by atoms with E-state index in [1.54, 1.807) is 12.1 Å². The number of aliphatic hydroxyl groups excluding tert-OH is 1. The van der Waals surface area contributed by atoms with E-state index in [1.807, 2.05) is 13.8 Å². The van der Waals surface area contributed by atoms with Gasteiger partial charge < -0.3 is 42.1 Å². The minimum Gasteiger partial charge on any atom is -0.508 e. The minimum absolute atomic E-state index is 0.00813. The second-order valence-corrected chi connectivity index (χ2v) is 9.68. The highest BCUT2D eigenvalue weighted by Gasteiger charge is 2.30. The quantitative estimate of drug-likeness (QED) is 0.158. The van der Waals surface area contributed by atoms with Crippen molar-refractivity contribution < 1.29 is 39.6 Å². The van der Waals surface area contributed by atoms with Gasteiger partial charge in [0.2, 0.25) is 17.7 Å². The lowest BCUT2D eigenvalue weighted by atomic mass is 10.0. The number of carbonyl (C=O) groups excluding carboxylic acids is 3. The highest BCUT2D eigenvalue weighted by atomic mass is 16.4. The third-order valence-electron chi connectivity index (χ3n) is 5.88. The molecule has 2 rings (SSSR count). The van der Waals surface area contributed by atoms with Crippen molar-refractivity contribution in [2.24, 2.45) is 11.7 Å². The summed E-state index contributed by atoms with van der Waals surface area (Å²) in [4.78, 5) is 50.6. The summed E-state index contributed by atoms with van der Waals surface area (Å²) in [5.41, 5.74) is 7.15. The molecule has 0 saturated carbocycles. The number of nitrogens with two attached hydrogens (primary N) is 1. The van der Waals surface area contributed by atoms with Gasteiger partial charge in [-0.25, -0.2) is 4.79 Å². The number of phenolic OH excluding ortho intramolecular Hbond substituents is 2. The van der Waals surface area contributed by atoms with Crippen LogP contribution in [-0.2, 0) is 32.0 Å². The lowest BCUT2D eigenvalue weighted by molar-refractivity contribution is -0.143. The van der Waals surface area contributed by atoms with Gasteiger partial charge in [-0.15, -0.1) is 0 Å². The number of aliphatic carboxylic acids is 1. The van der Waals surface area contributed by atoms with Crippen molar-refractivity contribution in [1.82, 2.24) is 16.0 Å². The number of phenols is 2. The van der Waals surface area contributed by atoms with Crippen molar-refractivity contribution in [2.45, 2.75) is 57.3 Å². The zero-order valence-electron chi connectivity index (χ0n) is 21.8.